The third kappa shape index (κ3) is 3.85. The molecule has 0 aromatic heterocycles. The first kappa shape index (κ1) is 14.7. The number of allylic oxidation sites excluding steroid dienone is 1. The molecule has 1 aliphatic rings. The second kappa shape index (κ2) is 6.01. The Morgan fingerprint density at radius 2 is 2.17 bits per heavy atom. The summed E-state index contributed by atoms with van der Waals surface area (Å²) in [6.45, 7) is 6.47. The van der Waals surface area contributed by atoms with E-state index in [9.17, 15) is 9.90 Å². The van der Waals surface area contributed by atoms with E-state index >= 15 is 0 Å². The van der Waals surface area contributed by atoms with Crippen molar-refractivity contribution in [1.29, 1.82) is 5.26 Å². The van der Waals surface area contributed by atoms with Crippen molar-refractivity contribution in [3.8, 4) is 6.07 Å². The van der Waals surface area contributed by atoms with Gasteiger partial charge in [-0.15, -0.1) is 0 Å². The zero-order chi connectivity index (χ0) is 13.8. The first-order valence-electron chi connectivity index (χ1n) is 6.44. The number of nitrogens with zero attached hydrogens (tertiary/aromatic N) is 2. The van der Waals surface area contributed by atoms with Crippen molar-refractivity contribution in [3.63, 3.8) is 0 Å². The average Bonchev–Trinajstić information content (AvgIpc) is 2.34. The maximum Gasteiger partial charge on any atom is 0.264 e. The van der Waals surface area contributed by atoms with Crippen LogP contribution in [0.5, 0.6) is 0 Å². The largest absolute Gasteiger partial charge is 0.394 e. The Balaban J connectivity index is 2.90. The minimum absolute atomic E-state index is 0.0278. The smallest absolute Gasteiger partial charge is 0.264 e. The average molecular weight is 250 g/mol. The Morgan fingerprint density at radius 3 is 2.67 bits per heavy atom. The molecule has 0 radical (unpaired) electrons. The van der Waals surface area contributed by atoms with E-state index in [1.165, 1.54) is 0 Å². The number of hydrogen-bond acceptors (Lipinski definition) is 3. The lowest BCUT2D eigenvalue weighted by atomic mass is 9.92. The fourth-order valence-electron chi connectivity index (χ4n) is 2.19. The van der Waals surface area contributed by atoms with Crippen LogP contribution in [0.2, 0.25) is 0 Å². The molecule has 0 spiro atoms. The normalized spacial score (nSPS) is 21.6. The molecule has 100 valence electrons. The van der Waals surface area contributed by atoms with E-state index in [2.05, 4.69) is 0 Å². The first-order chi connectivity index (χ1) is 8.39. The van der Waals surface area contributed by atoms with E-state index in [1.807, 2.05) is 26.8 Å². The summed E-state index contributed by atoms with van der Waals surface area (Å²) in [7, 11) is 0. The van der Waals surface area contributed by atoms with Crippen molar-refractivity contribution in [2.45, 2.75) is 46.1 Å². The number of nitriles is 1. The molecule has 0 saturated carbocycles. The standard InChI is InChI=1S/C14H22N2O2/c1-14(2,3)8-11(9-15)13(18)16-7-5-4-6-12(16)10-17/h8,12,17H,4-7,10H2,1-3H3/b11-8-/t12-/m1/s1. The van der Waals surface area contributed by atoms with Crippen LogP contribution in [0.4, 0.5) is 0 Å². The molecule has 0 unspecified atom stereocenters. The van der Waals surface area contributed by atoms with Crippen LogP contribution in [0.3, 0.4) is 0 Å². The predicted molar refractivity (Wildman–Crippen MR) is 69.6 cm³/mol. The lowest BCUT2D eigenvalue weighted by Gasteiger charge is -2.34. The molecule has 0 bridgehead atoms. The van der Waals surface area contributed by atoms with Crippen LogP contribution in [-0.4, -0.2) is 35.1 Å². The Bertz CT molecular complexity index is 374. The zero-order valence-electron chi connectivity index (χ0n) is 11.4. The van der Waals surface area contributed by atoms with Crippen LogP contribution in [0.1, 0.15) is 40.0 Å². The van der Waals surface area contributed by atoms with Crippen LogP contribution >= 0.6 is 0 Å². The molecule has 4 nitrogen and oxygen atoms in total. The van der Waals surface area contributed by atoms with Crippen LogP contribution in [0.25, 0.3) is 0 Å². The summed E-state index contributed by atoms with van der Waals surface area (Å²) in [4.78, 5) is 13.9. The monoisotopic (exact) mass is 250 g/mol. The molecule has 1 amide bonds. The highest BCUT2D eigenvalue weighted by Crippen LogP contribution is 2.22. The quantitative estimate of drug-likeness (QED) is 0.601. The zero-order valence-corrected chi connectivity index (χ0v) is 11.4. The van der Waals surface area contributed by atoms with Crippen molar-refractivity contribution >= 4 is 5.91 Å². The molecule has 1 N–H and O–H groups in total. The van der Waals surface area contributed by atoms with Gasteiger partial charge in [0.25, 0.3) is 5.91 Å². The van der Waals surface area contributed by atoms with Crippen LogP contribution < -0.4 is 0 Å². The summed E-state index contributed by atoms with van der Waals surface area (Å²) >= 11 is 0. The number of rotatable bonds is 2. The van der Waals surface area contributed by atoms with E-state index in [0.717, 1.165) is 19.3 Å². The third-order valence-corrected chi connectivity index (χ3v) is 3.03. The molecule has 18 heavy (non-hydrogen) atoms. The van der Waals surface area contributed by atoms with Gasteiger partial charge < -0.3 is 10.0 Å². The van der Waals surface area contributed by atoms with Crippen LogP contribution in [0, 0.1) is 16.7 Å². The third-order valence-electron chi connectivity index (χ3n) is 3.03. The highest BCUT2D eigenvalue weighted by molar-refractivity contribution is 5.97. The summed E-state index contributed by atoms with van der Waals surface area (Å²) in [6.07, 6.45) is 4.49. The number of carbonyl (C=O) groups is 1. The number of carbonyl (C=O) groups excluding carboxylic acids is 1. The molecular formula is C14H22N2O2. The number of hydrogen-bond donors (Lipinski definition) is 1. The first-order valence-corrected chi connectivity index (χ1v) is 6.44. The molecule has 1 aliphatic heterocycles. The summed E-state index contributed by atoms with van der Waals surface area (Å²) in [5.74, 6) is -0.244. The van der Waals surface area contributed by atoms with Gasteiger partial charge in [0.1, 0.15) is 11.6 Å². The lowest BCUT2D eigenvalue weighted by Crippen LogP contribution is -2.46. The van der Waals surface area contributed by atoms with Gasteiger partial charge in [0.2, 0.25) is 0 Å². The number of aliphatic hydroxyl groups is 1. The fraction of sp³-hybridized carbons (Fsp3) is 0.714. The van der Waals surface area contributed by atoms with Gasteiger partial charge in [-0.2, -0.15) is 5.26 Å². The number of amides is 1. The summed E-state index contributed by atoms with van der Waals surface area (Å²) in [5.41, 5.74) is -0.0200. The van der Waals surface area contributed by atoms with Crippen molar-refractivity contribution in [3.05, 3.63) is 11.6 Å². The molecular weight excluding hydrogens is 228 g/mol. The van der Waals surface area contributed by atoms with Crippen LogP contribution in [-0.2, 0) is 4.79 Å². The SMILES string of the molecule is CC(C)(C)/C=C(/C#N)C(=O)N1CCCC[C@@H]1CO. The molecule has 0 aromatic rings. The van der Waals surface area contributed by atoms with E-state index in [-0.39, 0.29) is 29.5 Å². The maximum atomic E-state index is 12.3. The molecule has 1 saturated heterocycles. The van der Waals surface area contributed by atoms with E-state index in [4.69, 9.17) is 5.26 Å². The van der Waals surface area contributed by atoms with Gasteiger partial charge in [-0.1, -0.05) is 26.8 Å². The minimum atomic E-state index is -0.244. The Morgan fingerprint density at radius 1 is 1.50 bits per heavy atom. The van der Waals surface area contributed by atoms with Crippen molar-refractivity contribution in [2.24, 2.45) is 5.41 Å². The predicted octanol–water partition coefficient (Wildman–Crippen LogP) is 1.86. The molecule has 0 aromatic carbocycles. The minimum Gasteiger partial charge on any atom is -0.394 e. The van der Waals surface area contributed by atoms with E-state index in [0.29, 0.717) is 6.54 Å². The summed E-state index contributed by atoms with van der Waals surface area (Å²) in [5, 5.41) is 18.4. The van der Waals surface area contributed by atoms with Gasteiger partial charge in [0.15, 0.2) is 0 Å². The molecule has 0 aliphatic carbocycles. The Labute approximate surface area is 109 Å². The summed E-state index contributed by atoms with van der Waals surface area (Å²) < 4.78 is 0. The molecule has 1 atom stereocenters. The van der Waals surface area contributed by atoms with Gasteiger partial charge in [-0.25, -0.2) is 0 Å². The number of aliphatic hydroxyl groups excluding tert-OH is 1. The fourth-order valence-corrected chi connectivity index (χ4v) is 2.19. The molecule has 1 rings (SSSR count). The lowest BCUT2D eigenvalue weighted by molar-refractivity contribution is -0.131. The molecule has 1 fully saturated rings. The maximum absolute atomic E-state index is 12.3. The van der Waals surface area contributed by atoms with Crippen molar-refractivity contribution in [1.82, 2.24) is 4.90 Å². The van der Waals surface area contributed by atoms with Gasteiger partial charge in [0, 0.05) is 6.54 Å². The highest BCUT2D eigenvalue weighted by atomic mass is 16.3. The second-order valence-corrected chi connectivity index (χ2v) is 5.87. The number of piperidine rings is 1. The molecule has 4 heteroatoms. The van der Waals surface area contributed by atoms with Crippen molar-refractivity contribution in [2.75, 3.05) is 13.2 Å². The van der Waals surface area contributed by atoms with Crippen LogP contribution in [0.15, 0.2) is 11.6 Å². The van der Waals surface area contributed by atoms with Gasteiger partial charge in [-0.05, 0) is 24.7 Å². The van der Waals surface area contributed by atoms with Gasteiger partial charge >= 0.3 is 0 Å². The Hall–Kier alpha value is -1.34. The van der Waals surface area contributed by atoms with Crippen molar-refractivity contribution < 1.29 is 9.90 Å². The molecule has 1 heterocycles. The second-order valence-electron chi connectivity index (χ2n) is 5.87. The highest BCUT2D eigenvalue weighted by Gasteiger charge is 2.28. The summed E-state index contributed by atoms with van der Waals surface area (Å²) in [6, 6.07) is 1.85. The van der Waals surface area contributed by atoms with E-state index in [1.54, 1.807) is 11.0 Å². The van der Waals surface area contributed by atoms with Gasteiger partial charge in [0.05, 0.1) is 12.6 Å². The Kier molecular flexibility index (Phi) is 4.92. The van der Waals surface area contributed by atoms with Gasteiger partial charge in [-0.3, -0.25) is 4.79 Å². The number of likely N-dealkylation sites (tertiary alicyclic amines) is 1. The topological polar surface area (TPSA) is 64.3 Å². The van der Waals surface area contributed by atoms with E-state index < -0.39 is 0 Å².